The molecule has 0 saturated heterocycles. The molecular weight excluding hydrogens is 271 g/mol. The minimum Gasteiger partial charge on any atom is -0.370 e. The zero-order valence-electron chi connectivity index (χ0n) is 11.6. The highest BCUT2D eigenvalue weighted by atomic mass is 19.1. The van der Waals surface area contributed by atoms with Crippen LogP contribution in [0.4, 0.5) is 4.39 Å². The van der Waals surface area contributed by atoms with Crippen molar-refractivity contribution >= 4 is 5.91 Å². The van der Waals surface area contributed by atoms with Gasteiger partial charge in [0.25, 0.3) is 0 Å². The highest BCUT2D eigenvalue weighted by molar-refractivity contribution is 5.73. The van der Waals surface area contributed by atoms with Crippen LogP contribution in [0.15, 0.2) is 24.3 Å². The number of fused-ring (bicyclic) bond motifs is 1. The Hall–Kier alpha value is -2.21. The quantitative estimate of drug-likeness (QED) is 0.894. The van der Waals surface area contributed by atoms with Crippen LogP contribution >= 0.6 is 0 Å². The van der Waals surface area contributed by atoms with Crippen molar-refractivity contribution < 1.29 is 9.18 Å². The number of hydrogen-bond acceptors (Lipinski definition) is 3. The Kier molecular flexibility index (Phi) is 3.70. The Morgan fingerprint density at radius 1 is 1.43 bits per heavy atom. The summed E-state index contributed by atoms with van der Waals surface area (Å²) in [4.78, 5) is 13.0. The third-order valence-corrected chi connectivity index (χ3v) is 3.82. The molecule has 1 aliphatic heterocycles. The van der Waals surface area contributed by atoms with Crippen LogP contribution in [0.2, 0.25) is 0 Å². The lowest BCUT2D eigenvalue weighted by Gasteiger charge is -2.26. The lowest BCUT2D eigenvalue weighted by Crippen LogP contribution is -2.33. The summed E-state index contributed by atoms with van der Waals surface area (Å²) in [5.74, 6) is -0.580. The molecule has 110 valence electrons. The zero-order chi connectivity index (χ0) is 14.8. The number of benzene rings is 1. The monoisotopic (exact) mass is 288 g/mol. The molecule has 2 aromatic rings. The molecule has 0 bridgehead atoms. The summed E-state index contributed by atoms with van der Waals surface area (Å²) in [5.41, 5.74) is 8.41. The molecule has 1 amide bonds. The number of amides is 1. The number of carbonyl (C=O) groups excluding carboxylic acids is 1. The number of aromatic nitrogens is 2. The van der Waals surface area contributed by atoms with E-state index in [2.05, 4.69) is 15.1 Å². The van der Waals surface area contributed by atoms with Gasteiger partial charge in [0.05, 0.1) is 5.69 Å². The maximum Gasteiger partial charge on any atom is 0.218 e. The average molecular weight is 288 g/mol. The van der Waals surface area contributed by atoms with Gasteiger partial charge in [0, 0.05) is 49.3 Å². The number of rotatable bonds is 4. The van der Waals surface area contributed by atoms with E-state index in [-0.39, 0.29) is 11.7 Å². The van der Waals surface area contributed by atoms with Gasteiger partial charge in [-0.1, -0.05) is 12.1 Å². The van der Waals surface area contributed by atoms with Crippen LogP contribution in [0.25, 0.3) is 11.3 Å². The SMILES string of the molecule is NC(=O)CCN1CCc2[nH]nc(-c3ccccc3F)c2C1. The van der Waals surface area contributed by atoms with Crippen molar-refractivity contribution in [3.05, 3.63) is 41.3 Å². The minimum absolute atomic E-state index is 0.277. The summed E-state index contributed by atoms with van der Waals surface area (Å²) in [6.07, 6.45) is 1.15. The Bertz CT molecular complexity index is 667. The molecule has 6 heteroatoms. The molecule has 1 aliphatic rings. The smallest absolute Gasteiger partial charge is 0.218 e. The lowest BCUT2D eigenvalue weighted by molar-refractivity contribution is -0.118. The fourth-order valence-electron chi connectivity index (χ4n) is 2.69. The molecular formula is C15H17FN4O. The number of hydrogen-bond donors (Lipinski definition) is 2. The highest BCUT2D eigenvalue weighted by Crippen LogP contribution is 2.29. The molecule has 0 fully saturated rings. The van der Waals surface area contributed by atoms with Crippen molar-refractivity contribution in [2.24, 2.45) is 5.73 Å². The van der Waals surface area contributed by atoms with Gasteiger partial charge < -0.3 is 5.73 Å². The Morgan fingerprint density at radius 2 is 2.24 bits per heavy atom. The van der Waals surface area contributed by atoms with E-state index in [1.165, 1.54) is 6.07 Å². The molecule has 3 rings (SSSR count). The number of nitrogens with one attached hydrogen (secondary N) is 1. The van der Waals surface area contributed by atoms with Crippen molar-refractivity contribution in [2.75, 3.05) is 13.1 Å². The van der Waals surface area contributed by atoms with Gasteiger partial charge in [-0.3, -0.25) is 14.8 Å². The van der Waals surface area contributed by atoms with Crippen LogP contribution in [0.5, 0.6) is 0 Å². The van der Waals surface area contributed by atoms with E-state index in [0.29, 0.717) is 30.8 Å². The largest absolute Gasteiger partial charge is 0.370 e. The molecule has 0 saturated carbocycles. The van der Waals surface area contributed by atoms with Crippen LogP contribution in [-0.4, -0.2) is 34.1 Å². The molecule has 1 aromatic carbocycles. The van der Waals surface area contributed by atoms with Gasteiger partial charge in [-0.2, -0.15) is 5.10 Å². The van der Waals surface area contributed by atoms with E-state index in [0.717, 1.165) is 24.2 Å². The Labute approximate surface area is 121 Å². The van der Waals surface area contributed by atoms with E-state index >= 15 is 0 Å². The van der Waals surface area contributed by atoms with Crippen LogP contribution in [-0.2, 0) is 17.8 Å². The van der Waals surface area contributed by atoms with Crippen molar-refractivity contribution in [1.29, 1.82) is 0 Å². The van der Waals surface area contributed by atoms with E-state index < -0.39 is 0 Å². The van der Waals surface area contributed by atoms with E-state index in [1.807, 2.05) is 0 Å². The van der Waals surface area contributed by atoms with Gasteiger partial charge >= 0.3 is 0 Å². The second-order valence-electron chi connectivity index (χ2n) is 5.25. The van der Waals surface area contributed by atoms with Gasteiger partial charge in [-0.05, 0) is 12.1 Å². The first-order valence-corrected chi connectivity index (χ1v) is 6.97. The predicted octanol–water partition coefficient (Wildman–Crippen LogP) is 1.45. The third-order valence-electron chi connectivity index (χ3n) is 3.82. The highest BCUT2D eigenvalue weighted by Gasteiger charge is 2.23. The van der Waals surface area contributed by atoms with Crippen molar-refractivity contribution in [2.45, 2.75) is 19.4 Å². The molecule has 3 N–H and O–H groups in total. The van der Waals surface area contributed by atoms with E-state index in [4.69, 9.17) is 5.73 Å². The van der Waals surface area contributed by atoms with Gasteiger partial charge in [-0.15, -0.1) is 0 Å². The summed E-state index contributed by atoms with van der Waals surface area (Å²) in [5, 5.41) is 7.28. The molecule has 2 heterocycles. The molecule has 5 nitrogen and oxygen atoms in total. The fourth-order valence-corrected chi connectivity index (χ4v) is 2.69. The van der Waals surface area contributed by atoms with Crippen molar-refractivity contribution in [3.8, 4) is 11.3 Å². The molecule has 0 spiro atoms. The van der Waals surface area contributed by atoms with Crippen LogP contribution in [0, 0.1) is 5.82 Å². The fraction of sp³-hybridized carbons (Fsp3) is 0.333. The van der Waals surface area contributed by atoms with Gasteiger partial charge in [0.15, 0.2) is 0 Å². The summed E-state index contributed by atoms with van der Waals surface area (Å²) in [6.45, 7) is 2.12. The first kappa shape index (κ1) is 13.8. The maximum atomic E-state index is 13.9. The minimum atomic E-state index is -0.303. The first-order valence-electron chi connectivity index (χ1n) is 6.97. The van der Waals surface area contributed by atoms with Crippen molar-refractivity contribution in [1.82, 2.24) is 15.1 Å². The molecule has 1 aromatic heterocycles. The van der Waals surface area contributed by atoms with Gasteiger partial charge in [0.1, 0.15) is 5.82 Å². The number of halogens is 1. The summed E-state index contributed by atoms with van der Waals surface area (Å²) in [6, 6.07) is 6.63. The van der Waals surface area contributed by atoms with Crippen molar-refractivity contribution in [3.63, 3.8) is 0 Å². The normalized spacial score (nSPS) is 14.9. The average Bonchev–Trinajstić information content (AvgIpc) is 2.88. The van der Waals surface area contributed by atoms with Gasteiger partial charge in [-0.25, -0.2) is 4.39 Å². The number of nitrogens with zero attached hydrogens (tertiary/aromatic N) is 2. The third kappa shape index (κ3) is 2.80. The number of aromatic amines is 1. The van der Waals surface area contributed by atoms with E-state index in [9.17, 15) is 9.18 Å². The first-order chi connectivity index (χ1) is 10.1. The summed E-state index contributed by atoms with van der Waals surface area (Å²) < 4.78 is 13.9. The van der Waals surface area contributed by atoms with Crippen LogP contribution < -0.4 is 5.73 Å². The Balaban J connectivity index is 1.86. The van der Waals surface area contributed by atoms with E-state index in [1.54, 1.807) is 18.2 Å². The molecule has 21 heavy (non-hydrogen) atoms. The second kappa shape index (κ2) is 5.65. The molecule has 0 atom stereocenters. The Morgan fingerprint density at radius 3 is 3.00 bits per heavy atom. The maximum absolute atomic E-state index is 13.9. The standard InChI is InChI=1S/C15H17FN4O/c16-12-4-2-1-3-10(12)15-11-9-20(8-6-14(17)21)7-5-13(11)18-19-15/h1-4H,5-9H2,(H2,17,21)(H,18,19). The molecule has 0 unspecified atom stereocenters. The number of primary amides is 1. The lowest BCUT2D eigenvalue weighted by atomic mass is 10.0. The second-order valence-corrected chi connectivity index (χ2v) is 5.25. The predicted molar refractivity (Wildman–Crippen MR) is 76.8 cm³/mol. The number of H-pyrrole nitrogens is 1. The number of nitrogens with two attached hydrogens (primary N) is 1. The topological polar surface area (TPSA) is 75.0 Å². The summed E-state index contributed by atoms with van der Waals surface area (Å²) in [7, 11) is 0. The zero-order valence-corrected chi connectivity index (χ0v) is 11.6. The number of carbonyl (C=O) groups is 1. The molecule has 0 aliphatic carbocycles. The van der Waals surface area contributed by atoms with Gasteiger partial charge in [0.2, 0.25) is 5.91 Å². The van der Waals surface area contributed by atoms with Crippen LogP contribution in [0.1, 0.15) is 17.7 Å². The molecule has 0 radical (unpaired) electrons. The summed E-state index contributed by atoms with van der Waals surface area (Å²) >= 11 is 0. The van der Waals surface area contributed by atoms with Crippen LogP contribution in [0.3, 0.4) is 0 Å².